The highest BCUT2D eigenvalue weighted by atomic mass is 16.6. The number of phenols is 1. The van der Waals surface area contributed by atoms with Crippen LogP contribution in [0.4, 0.5) is 4.79 Å². The molecule has 0 spiro atoms. The molecule has 0 aliphatic heterocycles. The number of unbranched alkanes of at least 4 members (excludes halogenated alkanes) is 1. The Balaban J connectivity index is 3.59. The number of phenolic OH excluding ortho intramolecular Hbond substituents is 1. The van der Waals surface area contributed by atoms with Gasteiger partial charge in [-0.3, -0.25) is 9.59 Å². The number of nitrogens with one attached hydrogen (secondary N) is 2. The number of alkyl carbamates (subject to hydrolysis) is 1. The predicted molar refractivity (Wildman–Crippen MR) is 147 cm³/mol. The van der Waals surface area contributed by atoms with Crippen molar-refractivity contribution in [1.29, 1.82) is 0 Å². The van der Waals surface area contributed by atoms with E-state index in [0.29, 0.717) is 30.5 Å². The molecule has 0 heterocycles. The fourth-order valence-electron chi connectivity index (χ4n) is 4.17. The van der Waals surface area contributed by atoms with Gasteiger partial charge in [0.05, 0.1) is 0 Å². The van der Waals surface area contributed by atoms with Crippen LogP contribution in [0.25, 0.3) is 0 Å². The lowest BCUT2D eigenvalue weighted by Crippen LogP contribution is -2.55. The number of amides is 3. The maximum Gasteiger partial charge on any atom is 0.408 e. The fourth-order valence-corrected chi connectivity index (χ4v) is 4.17. The molecule has 0 saturated heterocycles. The summed E-state index contributed by atoms with van der Waals surface area (Å²) in [7, 11) is 0. The molecule has 3 N–H and O–H groups in total. The first-order chi connectivity index (χ1) is 17.3. The molecule has 1 aromatic carbocycles. The number of ether oxygens (including phenoxy) is 1. The lowest BCUT2D eigenvalue weighted by atomic mass is 9.94. The van der Waals surface area contributed by atoms with Crippen LogP contribution in [-0.4, -0.2) is 52.1 Å². The van der Waals surface area contributed by atoms with Crippen molar-refractivity contribution < 1.29 is 24.2 Å². The van der Waals surface area contributed by atoms with Gasteiger partial charge in [-0.05, 0) is 58.9 Å². The van der Waals surface area contributed by atoms with Crippen molar-refractivity contribution in [2.45, 2.75) is 118 Å². The molecule has 210 valence electrons. The summed E-state index contributed by atoms with van der Waals surface area (Å²) >= 11 is 0. The summed E-state index contributed by atoms with van der Waals surface area (Å²) in [6.45, 7) is 17.2. The maximum atomic E-state index is 14.2. The van der Waals surface area contributed by atoms with E-state index in [9.17, 15) is 19.5 Å². The standard InChI is InChI=1S/C29H49N3O5/c1-10-13-18-32(27(35)23(19(4)12-3)31-28(36)37-29(7,8)9)24(26(34)30-21(6)15-11-2)22-17-14-16-20(5)25(22)33/h14,16-17,19,21,23-24,33H,10-13,15,18H2,1-9H3,(H,30,34)(H,31,36). The Labute approximate surface area is 223 Å². The molecule has 0 saturated carbocycles. The van der Waals surface area contributed by atoms with Crippen molar-refractivity contribution in [3.05, 3.63) is 29.3 Å². The van der Waals surface area contributed by atoms with E-state index < -0.39 is 23.8 Å². The first-order valence-corrected chi connectivity index (χ1v) is 13.7. The number of aryl methyl sites for hydroxylation is 1. The number of carbonyl (C=O) groups is 3. The summed E-state index contributed by atoms with van der Waals surface area (Å²) in [6, 6.07) is 3.17. The Morgan fingerprint density at radius 2 is 1.70 bits per heavy atom. The molecule has 3 amide bonds. The van der Waals surface area contributed by atoms with Gasteiger partial charge in [-0.25, -0.2) is 4.79 Å². The van der Waals surface area contributed by atoms with Gasteiger partial charge < -0.3 is 25.4 Å². The minimum Gasteiger partial charge on any atom is -0.507 e. The lowest BCUT2D eigenvalue weighted by molar-refractivity contribution is -0.143. The number of hydrogen-bond donors (Lipinski definition) is 3. The van der Waals surface area contributed by atoms with Crippen molar-refractivity contribution in [3.8, 4) is 5.75 Å². The summed E-state index contributed by atoms with van der Waals surface area (Å²) in [5.74, 6) is -0.956. The van der Waals surface area contributed by atoms with Crippen molar-refractivity contribution in [2.24, 2.45) is 5.92 Å². The predicted octanol–water partition coefficient (Wildman–Crippen LogP) is 5.61. The minimum atomic E-state index is -1.05. The Morgan fingerprint density at radius 3 is 2.24 bits per heavy atom. The highest BCUT2D eigenvalue weighted by molar-refractivity contribution is 5.92. The maximum absolute atomic E-state index is 14.2. The van der Waals surface area contributed by atoms with Crippen LogP contribution < -0.4 is 10.6 Å². The molecule has 0 fully saturated rings. The molecule has 1 aromatic rings. The SMILES string of the molecule is CCCCN(C(=O)C(NC(=O)OC(C)(C)C)C(C)CC)C(C(=O)NC(C)CCC)c1cccc(C)c1O. The van der Waals surface area contributed by atoms with Crippen LogP contribution in [-0.2, 0) is 14.3 Å². The molecule has 8 heteroatoms. The van der Waals surface area contributed by atoms with E-state index in [0.717, 1.165) is 19.3 Å². The number of aromatic hydroxyl groups is 1. The molecule has 37 heavy (non-hydrogen) atoms. The Kier molecular flexibility index (Phi) is 12.9. The van der Waals surface area contributed by atoms with Gasteiger partial charge in [-0.2, -0.15) is 0 Å². The number of benzene rings is 1. The van der Waals surface area contributed by atoms with Crippen LogP contribution >= 0.6 is 0 Å². The quantitative estimate of drug-likeness (QED) is 0.314. The average Bonchev–Trinajstić information content (AvgIpc) is 2.80. The van der Waals surface area contributed by atoms with Crippen LogP contribution in [0.15, 0.2) is 18.2 Å². The third-order valence-electron chi connectivity index (χ3n) is 6.42. The molecule has 4 unspecified atom stereocenters. The zero-order valence-electron chi connectivity index (χ0n) is 24.3. The van der Waals surface area contributed by atoms with Crippen LogP contribution in [0.5, 0.6) is 5.75 Å². The van der Waals surface area contributed by atoms with Crippen LogP contribution in [0.3, 0.4) is 0 Å². The smallest absolute Gasteiger partial charge is 0.408 e. The van der Waals surface area contributed by atoms with E-state index in [1.807, 2.05) is 34.6 Å². The first-order valence-electron chi connectivity index (χ1n) is 13.7. The van der Waals surface area contributed by atoms with Gasteiger partial charge >= 0.3 is 6.09 Å². The fraction of sp³-hybridized carbons (Fsp3) is 0.690. The zero-order chi connectivity index (χ0) is 28.3. The third-order valence-corrected chi connectivity index (χ3v) is 6.42. The van der Waals surface area contributed by atoms with Crippen molar-refractivity contribution in [3.63, 3.8) is 0 Å². The topological polar surface area (TPSA) is 108 Å². The third kappa shape index (κ3) is 9.90. The van der Waals surface area contributed by atoms with Crippen molar-refractivity contribution in [2.75, 3.05) is 6.54 Å². The molecular weight excluding hydrogens is 470 g/mol. The zero-order valence-corrected chi connectivity index (χ0v) is 24.3. The highest BCUT2D eigenvalue weighted by Crippen LogP contribution is 2.33. The molecule has 0 bridgehead atoms. The van der Waals surface area contributed by atoms with E-state index in [-0.39, 0.29) is 29.5 Å². The van der Waals surface area contributed by atoms with E-state index in [2.05, 4.69) is 10.6 Å². The second-order valence-corrected chi connectivity index (χ2v) is 11.0. The number of nitrogens with zero attached hydrogens (tertiary/aromatic N) is 1. The summed E-state index contributed by atoms with van der Waals surface area (Å²) in [6.07, 6.45) is 3.10. The number of para-hydroxylation sites is 1. The lowest BCUT2D eigenvalue weighted by Gasteiger charge is -2.36. The summed E-state index contributed by atoms with van der Waals surface area (Å²) in [5, 5.41) is 16.8. The van der Waals surface area contributed by atoms with Gasteiger partial charge in [0, 0.05) is 18.2 Å². The van der Waals surface area contributed by atoms with Crippen molar-refractivity contribution in [1.82, 2.24) is 15.5 Å². The first kappa shape index (κ1) is 32.3. The molecule has 0 aliphatic rings. The van der Waals surface area contributed by atoms with Crippen LogP contribution in [0, 0.1) is 12.8 Å². The molecule has 4 atom stereocenters. The van der Waals surface area contributed by atoms with E-state index in [4.69, 9.17) is 4.74 Å². The van der Waals surface area contributed by atoms with Gasteiger partial charge in [-0.1, -0.05) is 65.2 Å². The summed E-state index contributed by atoms with van der Waals surface area (Å²) in [5.41, 5.74) is 0.260. The number of rotatable bonds is 13. The molecule has 0 aliphatic carbocycles. The Hall–Kier alpha value is -2.77. The van der Waals surface area contributed by atoms with Gasteiger partial charge in [-0.15, -0.1) is 0 Å². The van der Waals surface area contributed by atoms with Gasteiger partial charge in [0.2, 0.25) is 11.8 Å². The van der Waals surface area contributed by atoms with Crippen LogP contribution in [0.2, 0.25) is 0 Å². The van der Waals surface area contributed by atoms with Crippen LogP contribution in [0.1, 0.15) is 105 Å². The number of hydrogen-bond acceptors (Lipinski definition) is 5. The van der Waals surface area contributed by atoms with Gasteiger partial charge in [0.25, 0.3) is 0 Å². The average molecular weight is 520 g/mol. The van der Waals surface area contributed by atoms with E-state index in [1.54, 1.807) is 45.9 Å². The monoisotopic (exact) mass is 519 g/mol. The number of carbonyl (C=O) groups excluding carboxylic acids is 3. The van der Waals surface area contributed by atoms with E-state index in [1.165, 1.54) is 4.90 Å². The summed E-state index contributed by atoms with van der Waals surface area (Å²) < 4.78 is 5.44. The molecule has 8 nitrogen and oxygen atoms in total. The van der Waals surface area contributed by atoms with Gasteiger partial charge in [0.1, 0.15) is 23.4 Å². The molecule has 0 radical (unpaired) electrons. The Bertz CT molecular complexity index is 896. The van der Waals surface area contributed by atoms with E-state index >= 15 is 0 Å². The Morgan fingerprint density at radius 1 is 1.05 bits per heavy atom. The minimum absolute atomic E-state index is 0.0136. The molecule has 0 aromatic heterocycles. The second-order valence-electron chi connectivity index (χ2n) is 11.0. The van der Waals surface area contributed by atoms with Gasteiger partial charge in [0.15, 0.2) is 0 Å². The molecule has 1 rings (SSSR count). The summed E-state index contributed by atoms with van der Waals surface area (Å²) in [4.78, 5) is 42.1. The van der Waals surface area contributed by atoms with Crippen molar-refractivity contribution >= 4 is 17.9 Å². The largest absolute Gasteiger partial charge is 0.507 e. The second kappa shape index (κ2) is 14.8. The highest BCUT2D eigenvalue weighted by Gasteiger charge is 2.39. The molecular formula is C29H49N3O5. The normalized spacial score (nSPS) is 14.7.